The van der Waals surface area contributed by atoms with E-state index in [1.54, 1.807) is 0 Å². The lowest BCUT2D eigenvalue weighted by atomic mass is 9.73. The topological polar surface area (TPSA) is 18.5 Å². The molecule has 0 spiro atoms. The van der Waals surface area contributed by atoms with E-state index in [2.05, 4.69) is 36.0 Å². The molecule has 0 amide bonds. The van der Waals surface area contributed by atoms with Crippen molar-refractivity contribution in [2.24, 2.45) is 11.3 Å². The van der Waals surface area contributed by atoms with Crippen LogP contribution in [0.2, 0.25) is 0 Å². The molecule has 124 valence electrons. The van der Waals surface area contributed by atoms with Crippen LogP contribution in [-0.2, 0) is 0 Å². The smallest absolute Gasteiger partial charge is 0.0109 e. The fraction of sp³-hybridized carbons (Fsp3) is 1.00. The molecule has 1 aliphatic heterocycles. The minimum atomic E-state index is 0.552. The van der Waals surface area contributed by atoms with Crippen LogP contribution >= 0.6 is 0 Å². The number of nitrogens with one attached hydrogen (secondary N) is 1. The van der Waals surface area contributed by atoms with Crippen LogP contribution in [0.1, 0.15) is 52.4 Å². The van der Waals surface area contributed by atoms with Crippen molar-refractivity contribution < 1.29 is 0 Å². The van der Waals surface area contributed by atoms with E-state index in [-0.39, 0.29) is 0 Å². The van der Waals surface area contributed by atoms with Gasteiger partial charge in [0, 0.05) is 26.2 Å². The fourth-order valence-electron chi connectivity index (χ4n) is 4.05. The van der Waals surface area contributed by atoms with Gasteiger partial charge < -0.3 is 15.1 Å². The molecule has 1 saturated heterocycles. The van der Waals surface area contributed by atoms with Crippen LogP contribution in [0.3, 0.4) is 0 Å². The minimum absolute atomic E-state index is 0.552. The summed E-state index contributed by atoms with van der Waals surface area (Å²) in [6.45, 7) is 13.4. The van der Waals surface area contributed by atoms with Gasteiger partial charge in [-0.15, -0.1) is 0 Å². The third-order valence-corrected chi connectivity index (χ3v) is 5.34. The van der Waals surface area contributed by atoms with Gasteiger partial charge in [-0.2, -0.15) is 0 Å². The summed E-state index contributed by atoms with van der Waals surface area (Å²) >= 11 is 0. The van der Waals surface area contributed by atoms with Gasteiger partial charge in [-0.05, 0) is 57.3 Å². The zero-order valence-electron chi connectivity index (χ0n) is 14.7. The average Bonchev–Trinajstić information content (AvgIpc) is 2.64. The van der Waals surface area contributed by atoms with E-state index in [0.717, 1.165) is 5.92 Å². The SMILES string of the molecule is CC(C)CNCC1(CN2CCCN(C)CC2)CCCCC1. The van der Waals surface area contributed by atoms with Crippen molar-refractivity contribution in [2.75, 3.05) is 52.9 Å². The molecular formula is C18H37N3. The fourth-order valence-corrected chi connectivity index (χ4v) is 4.05. The van der Waals surface area contributed by atoms with Gasteiger partial charge in [-0.3, -0.25) is 0 Å². The molecule has 3 nitrogen and oxygen atoms in total. The van der Waals surface area contributed by atoms with Crippen molar-refractivity contribution in [2.45, 2.75) is 52.4 Å². The first-order chi connectivity index (χ1) is 10.1. The summed E-state index contributed by atoms with van der Waals surface area (Å²) in [6.07, 6.45) is 8.55. The molecule has 0 aromatic heterocycles. The Hall–Kier alpha value is -0.120. The van der Waals surface area contributed by atoms with E-state index in [1.807, 2.05) is 0 Å². The highest BCUT2D eigenvalue weighted by Crippen LogP contribution is 2.36. The largest absolute Gasteiger partial charge is 0.316 e. The van der Waals surface area contributed by atoms with Gasteiger partial charge in [-0.25, -0.2) is 0 Å². The average molecular weight is 296 g/mol. The molecular weight excluding hydrogens is 258 g/mol. The Morgan fingerprint density at radius 3 is 2.43 bits per heavy atom. The molecule has 1 aliphatic carbocycles. The predicted octanol–water partition coefficient (Wildman–Crippen LogP) is 2.82. The van der Waals surface area contributed by atoms with Crippen LogP contribution < -0.4 is 5.32 Å². The van der Waals surface area contributed by atoms with Crippen LogP contribution in [0, 0.1) is 11.3 Å². The molecule has 0 radical (unpaired) electrons. The highest BCUT2D eigenvalue weighted by molar-refractivity contribution is 4.88. The second-order valence-corrected chi connectivity index (χ2v) is 8.02. The molecule has 0 atom stereocenters. The number of likely N-dealkylation sites (N-methyl/N-ethyl adjacent to an activating group) is 1. The first-order valence-electron chi connectivity index (χ1n) is 9.21. The normalized spacial score (nSPS) is 25.1. The minimum Gasteiger partial charge on any atom is -0.316 e. The Labute approximate surface area is 132 Å². The Morgan fingerprint density at radius 2 is 1.71 bits per heavy atom. The third-order valence-electron chi connectivity index (χ3n) is 5.34. The quantitative estimate of drug-likeness (QED) is 0.813. The summed E-state index contributed by atoms with van der Waals surface area (Å²) in [5, 5.41) is 3.77. The lowest BCUT2D eigenvalue weighted by Gasteiger charge is -2.41. The molecule has 0 bridgehead atoms. The van der Waals surface area contributed by atoms with Gasteiger partial charge in [0.05, 0.1) is 0 Å². The molecule has 2 rings (SSSR count). The van der Waals surface area contributed by atoms with Crippen molar-refractivity contribution in [1.82, 2.24) is 15.1 Å². The first-order valence-corrected chi connectivity index (χ1v) is 9.21. The highest BCUT2D eigenvalue weighted by Gasteiger charge is 2.33. The third kappa shape index (κ3) is 5.88. The molecule has 21 heavy (non-hydrogen) atoms. The van der Waals surface area contributed by atoms with Gasteiger partial charge in [0.2, 0.25) is 0 Å². The maximum absolute atomic E-state index is 3.77. The maximum Gasteiger partial charge on any atom is 0.0109 e. The standard InChI is InChI=1S/C18H37N3/c1-17(2)14-19-15-18(8-5-4-6-9-18)16-21-11-7-10-20(3)12-13-21/h17,19H,4-16H2,1-3H3. The predicted molar refractivity (Wildman–Crippen MR) is 91.8 cm³/mol. The van der Waals surface area contributed by atoms with Crippen molar-refractivity contribution in [3.63, 3.8) is 0 Å². The Balaban J connectivity index is 1.88. The first kappa shape index (κ1) is 17.2. The van der Waals surface area contributed by atoms with Gasteiger partial charge >= 0.3 is 0 Å². The van der Waals surface area contributed by atoms with Crippen LogP contribution in [0.4, 0.5) is 0 Å². The van der Waals surface area contributed by atoms with E-state index >= 15 is 0 Å². The van der Waals surface area contributed by atoms with E-state index in [4.69, 9.17) is 0 Å². The van der Waals surface area contributed by atoms with Crippen molar-refractivity contribution >= 4 is 0 Å². The van der Waals surface area contributed by atoms with Crippen LogP contribution in [0.5, 0.6) is 0 Å². The molecule has 0 unspecified atom stereocenters. The van der Waals surface area contributed by atoms with Crippen molar-refractivity contribution in [3.8, 4) is 0 Å². The van der Waals surface area contributed by atoms with Crippen LogP contribution in [0.15, 0.2) is 0 Å². The molecule has 2 fully saturated rings. The van der Waals surface area contributed by atoms with E-state index < -0.39 is 0 Å². The summed E-state index contributed by atoms with van der Waals surface area (Å²) in [5.74, 6) is 0.762. The van der Waals surface area contributed by atoms with Gasteiger partial charge in [0.15, 0.2) is 0 Å². The van der Waals surface area contributed by atoms with Crippen LogP contribution in [-0.4, -0.2) is 62.7 Å². The number of hydrogen-bond donors (Lipinski definition) is 1. The van der Waals surface area contributed by atoms with Gasteiger partial charge in [0.1, 0.15) is 0 Å². The summed E-state index contributed by atoms with van der Waals surface area (Å²) in [6, 6.07) is 0. The number of nitrogens with zero attached hydrogens (tertiary/aromatic N) is 2. The van der Waals surface area contributed by atoms with E-state index in [0.29, 0.717) is 5.41 Å². The molecule has 0 aromatic carbocycles. The van der Waals surface area contributed by atoms with Crippen molar-refractivity contribution in [3.05, 3.63) is 0 Å². The summed E-state index contributed by atoms with van der Waals surface area (Å²) in [7, 11) is 2.27. The summed E-state index contributed by atoms with van der Waals surface area (Å²) < 4.78 is 0. The number of hydrogen-bond acceptors (Lipinski definition) is 3. The molecule has 0 aromatic rings. The monoisotopic (exact) mass is 295 g/mol. The molecule has 3 heteroatoms. The van der Waals surface area contributed by atoms with Crippen molar-refractivity contribution in [1.29, 1.82) is 0 Å². The lowest BCUT2D eigenvalue weighted by Crippen LogP contribution is -2.46. The lowest BCUT2D eigenvalue weighted by molar-refractivity contribution is 0.104. The zero-order chi connectivity index (χ0) is 15.1. The molecule has 1 N–H and O–H groups in total. The number of rotatable bonds is 6. The maximum atomic E-state index is 3.77. The van der Waals surface area contributed by atoms with E-state index in [1.165, 1.54) is 84.3 Å². The molecule has 1 saturated carbocycles. The Kier molecular flexibility index (Phi) is 6.97. The Morgan fingerprint density at radius 1 is 0.952 bits per heavy atom. The second-order valence-electron chi connectivity index (χ2n) is 8.02. The van der Waals surface area contributed by atoms with E-state index in [9.17, 15) is 0 Å². The highest BCUT2D eigenvalue weighted by atomic mass is 15.2. The van der Waals surface area contributed by atoms with Gasteiger partial charge in [-0.1, -0.05) is 33.1 Å². The van der Waals surface area contributed by atoms with Crippen LogP contribution in [0.25, 0.3) is 0 Å². The molecule has 1 heterocycles. The second kappa shape index (κ2) is 8.50. The summed E-state index contributed by atoms with van der Waals surface area (Å²) in [5.41, 5.74) is 0.552. The zero-order valence-corrected chi connectivity index (χ0v) is 14.7. The van der Waals surface area contributed by atoms with Gasteiger partial charge in [0.25, 0.3) is 0 Å². The Bertz CT molecular complexity index is 284. The molecule has 2 aliphatic rings. The summed E-state index contributed by atoms with van der Waals surface area (Å²) in [4.78, 5) is 5.25.